The fraction of sp³-hybridized carbons (Fsp3) is 0.333. The van der Waals surface area contributed by atoms with Crippen molar-refractivity contribution in [1.82, 2.24) is 0 Å². The van der Waals surface area contributed by atoms with Gasteiger partial charge in [-0.1, -0.05) is 45.6 Å². The van der Waals surface area contributed by atoms with Gasteiger partial charge in [-0.15, -0.1) is 0 Å². The van der Waals surface area contributed by atoms with Crippen LogP contribution in [0.5, 0.6) is 0 Å². The number of hydrogen-bond acceptors (Lipinski definition) is 0. The molecule has 0 aliphatic heterocycles. The summed E-state index contributed by atoms with van der Waals surface area (Å²) < 4.78 is 13.3. The highest BCUT2D eigenvalue weighted by Gasteiger charge is 2.14. The lowest BCUT2D eigenvalue weighted by Crippen LogP contribution is -2.11. The fourth-order valence-electron chi connectivity index (χ4n) is 1.16. The molecule has 0 saturated heterocycles. The van der Waals surface area contributed by atoms with Crippen LogP contribution in [0.25, 0.3) is 6.08 Å². The Kier molecular flexibility index (Phi) is 2.55. The quantitative estimate of drug-likeness (QED) is 0.614. The van der Waals surface area contributed by atoms with Crippen LogP contribution in [0.3, 0.4) is 0 Å². The van der Waals surface area contributed by atoms with Gasteiger partial charge in [0.2, 0.25) is 0 Å². The lowest BCUT2D eigenvalue weighted by atomic mass is 9.86. The first-order valence-electron chi connectivity index (χ1n) is 4.37. The van der Waals surface area contributed by atoms with Crippen LogP contribution in [0.4, 0.5) is 4.39 Å². The minimum atomic E-state index is -0.192. The predicted octanol–water partition coefficient (Wildman–Crippen LogP) is 3.77. The van der Waals surface area contributed by atoms with Crippen molar-refractivity contribution in [2.45, 2.75) is 26.2 Å². The largest absolute Gasteiger partial charge is 0.206 e. The molecule has 0 bridgehead atoms. The van der Waals surface area contributed by atoms with Crippen LogP contribution >= 0.6 is 0 Å². The summed E-state index contributed by atoms with van der Waals surface area (Å²) in [7, 11) is 0. The molecule has 70 valence electrons. The number of halogens is 1. The van der Waals surface area contributed by atoms with Crippen molar-refractivity contribution in [3.05, 3.63) is 41.7 Å². The van der Waals surface area contributed by atoms with E-state index in [2.05, 4.69) is 27.4 Å². The molecule has 0 heterocycles. The van der Waals surface area contributed by atoms with Gasteiger partial charge in [0, 0.05) is 5.56 Å². The highest BCUT2D eigenvalue weighted by atomic mass is 19.1. The van der Waals surface area contributed by atoms with Crippen molar-refractivity contribution in [3.63, 3.8) is 0 Å². The Bertz CT molecular complexity index is 318. The lowest BCUT2D eigenvalue weighted by molar-refractivity contribution is 0.571. The molecule has 0 radical (unpaired) electrons. The summed E-state index contributed by atoms with van der Waals surface area (Å²) in [4.78, 5) is 0. The van der Waals surface area contributed by atoms with Gasteiger partial charge in [0.1, 0.15) is 5.82 Å². The molecule has 0 unspecified atom stereocenters. The maximum absolute atomic E-state index is 13.3. The van der Waals surface area contributed by atoms with E-state index in [1.807, 2.05) is 6.07 Å². The molecule has 0 spiro atoms. The number of hydrogen-bond donors (Lipinski definition) is 0. The van der Waals surface area contributed by atoms with Crippen LogP contribution in [-0.4, -0.2) is 0 Å². The van der Waals surface area contributed by atoms with Crippen LogP contribution in [-0.2, 0) is 5.41 Å². The molecule has 0 fully saturated rings. The van der Waals surface area contributed by atoms with Crippen molar-refractivity contribution in [3.8, 4) is 0 Å². The first-order chi connectivity index (χ1) is 5.95. The second-order valence-electron chi connectivity index (χ2n) is 4.19. The molecule has 0 atom stereocenters. The highest BCUT2D eigenvalue weighted by molar-refractivity contribution is 5.49. The van der Waals surface area contributed by atoms with E-state index in [9.17, 15) is 4.39 Å². The molecule has 1 aromatic rings. The SMILES string of the molecule is C=Cc1ccc(C(C)(C)C)cc1F. The first-order valence-corrected chi connectivity index (χ1v) is 4.37. The molecule has 0 amide bonds. The van der Waals surface area contributed by atoms with E-state index >= 15 is 0 Å². The Balaban J connectivity index is 3.17. The van der Waals surface area contributed by atoms with Gasteiger partial charge in [-0.3, -0.25) is 0 Å². The standard InChI is InChI=1S/C12H15F/c1-5-9-6-7-10(8-11(9)13)12(2,3)4/h5-8H,1H2,2-4H3. The molecule has 0 saturated carbocycles. The van der Waals surface area contributed by atoms with E-state index in [-0.39, 0.29) is 11.2 Å². The van der Waals surface area contributed by atoms with Crippen molar-refractivity contribution in [2.24, 2.45) is 0 Å². The molecule has 0 aromatic heterocycles. The van der Waals surface area contributed by atoms with Gasteiger partial charge in [-0.25, -0.2) is 4.39 Å². The van der Waals surface area contributed by atoms with Crippen molar-refractivity contribution in [2.75, 3.05) is 0 Å². The number of benzene rings is 1. The van der Waals surface area contributed by atoms with Gasteiger partial charge in [0.15, 0.2) is 0 Å². The molecule has 0 nitrogen and oxygen atoms in total. The third-order valence-electron chi connectivity index (χ3n) is 2.09. The summed E-state index contributed by atoms with van der Waals surface area (Å²) in [5.74, 6) is -0.192. The van der Waals surface area contributed by atoms with E-state index in [1.54, 1.807) is 12.1 Å². The van der Waals surface area contributed by atoms with E-state index in [0.717, 1.165) is 5.56 Å². The van der Waals surface area contributed by atoms with Crippen LogP contribution in [0.15, 0.2) is 24.8 Å². The molecular formula is C12H15F. The second-order valence-corrected chi connectivity index (χ2v) is 4.19. The third-order valence-corrected chi connectivity index (χ3v) is 2.09. The van der Waals surface area contributed by atoms with Crippen LogP contribution in [0.2, 0.25) is 0 Å². The van der Waals surface area contributed by atoms with Gasteiger partial charge >= 0.3 is 0 Å². The average Bonchev–Trinajstić information content (AvgIpc) is 2.02. The Morgan fingerprint density at radius 2 is 1.92 bits per heavy atom. The predicted molar refractivity (Wildman–Crippen MR) is 55.2 cm³/mol. The highest BCUT2D eigenvalue weighted by Crippen LogP contribution is 2.24. The summed E-state index contributed by atoms with van der Waals surface area (Å²) in [6.45, 7) is 9.74. The lowest BCUT2D eigenvalue weighted by Gasteiger charge is -2.19. The zero-order chi connectivity index (χ0) is 10.1. The Morgan fingerprint density at radius 1 is 1.31 bits per heavy atom. The topological polar surface area (TPSA) is 0 Å². The van der Waals surface area contributed by atoms with Crippen LogP contribution < -0.4 is 0 Å². The van der Waals surface area contributed by atoms with Gasteiger partial charge < -0.3 is 0 Å². The van der Waals surface area contributed by atoms with Crippen LogP contribution in [0, 0.1) is 5.82 Å². The fourth-order valence-corrected chi connectivity index (χ4v) is 1.16. The molecule has 1 aromatic carbocycles. The minimum Gasteiger partial charge on any atom is -0.206 e. The molecule has 0 N–H and O–H groups in total. The maximum atomic E-state index is 13.3. The first kappa shape index (κ1) is 9.97. The second kappa shape index (κ2) is 3.33. The van der Waals surface area contributed by atoms with Crippen molar-refractivity contribution < 1.29 is 4.39 Å². The van der Waals surface area contributed by atoms with Crippen LogP contribution in [0.1, 0.15) is 31.9 Å². The van der Waals surface area contributed by atoms with Gasteiger partial charge in [-0.05, 0) is 17.0 Å². The number of rotatable bonds is 1. The summed E-state index contributed by atoms with van der Waals surface area (Å²) in [5.41, 5.74) is 1.57. The summed E-state index contributed by atoms with van der Waals surface area (Å²) in [6, 6.07) is 5.29. The van der Waals surface area contributed by atoms with Crippen molar-refractivity contribution in [1.29, 1.82) is 0 Å². The van der Waals surface area contributed by atoms with Gasteiger partial charge in [-0.2, -0.15) is 0 Å². The Morgan fingerprint density at radius 3 is 2.31 bits per heavy atom. The van der Waals surface area contributed by atoms with Crippen molar-refractivity contribution >= 4 is 6.08 Å². The summed E-state index contributed by atoms with van der Waals surface area (Å²) in [6.07, 6.45) is 1.53. The monoisotopic (exact) mass is 178 g/mol. The molecule has 13 heavy (non-hydrogen) atoms. The van der Waals surface area contributed by atoms with Gasteiger partial charge in [0.25, 0.3) is 0 Å². The van der Waals surface area contributed by atoms with Gasteiger partial charge in [0.05, 0.1) is 0 Å². The molecular weight excluding hydrogens is 163 g/mol. The minimum absolute atomic E-state index is 0.000536. The van der Waals surface area contributed by atoms with E-state index in [0.29, 0.717) is 5.56 Å². The normalized spacial score (nSPS) is 11.4. The Labute approximate surface area is 79.1 Å². The average molecular weight is 178 g/mol. The zero-order valence-corrected chi connectivity index (χ0v) is 8.39. The smallest absolute Gasteiger partial charge is 0.130 e. The van der Waals surface area contributed by atoms with E-state index in [1.165, 1.54) is 6.08 Å². The maximum Gasteiger partial charge on any atom is 0.130 e. The van der Waals surface area contributed by atoms with E-state index < -0.39 is 0 Å². The molecule has 0 aliphatic rings. The third kappa shape index (κ3) is 2.18. The summed E-state index contributed by atoms with van der Waals surface area (Å²) in [5, 5.41) is 0. The molecule has 0 aliphatic carbocycles. The molecule has 1 heteroatoms. The zero-order valence-electron chi connectivity index (χ0n) is 8.39. The van der Waals surface area contributed by atoms with E-state index in [4.69, 9.17) is 0 Å². The summed E-state index contributed by atoms with van der Waals surface area (Å²) >= 11 is 0. The Hall–Kier alpha value is -1.11. The molecule has 1 rings (SSSR count).